The van der Waals surface area contributed by atoms with Gasteiger partial charge in [-0.3, -0.25) is 4.79 Å². The van der Waals surface area contributed by atoms with E-state index in [-0.39, 0.29) is 5.91 Å². The Morgan fingerprint density at radius 1 is 1.00 bits per heavy atom. The van der Waals surface area contributed by atoms with Crippen LogP contribution in [0.4, 0.5) is 5.69 Å². The molecule has 0 aliphatic heterocycles. The van der Waals surface area contributed by atoms with Crippen LogP contribution >= 0.6 is 0 Å². The zero-order valence-electron chi connectivity index (χ0n) is 12.8. The van der Waals surface area contributed by atoms with Gasteiger partial charge < -0.3 is 5.32 Å². The molecule has 1 radical (unpaired) electrons. The monoisotopic (exact) mass is 274 g/mol. The van der Waals surface area contributed by atoms with Crippen molar-refractivity contribution in [3.8, 4) is 0 Å². The van der Waals surface area contributed by atoms with Crippen molar-refractivity contribution in [2.75, 3.05) is 5.32 Å². The van der Waals surface area contributed by atoms with Gasteiger partial charge in [-0.15, -0.1) is 0 Å². The Kier molecular flexibility index (Phi) is 9.64. The molecule has 1 N–H and O–H groups in total. The predicted molar refractivity (Wildman–Crippen MR) is 85.8 cm³/mol. The van der Waals surface area contributed by atoms with Crippen molar-refractivity contribution in [2.24, 2.45) is 0 Å². The maximum atomic E-state index is 11.7. The molecule has 1 rings (SSSR count). The van der Waals surface area contributed by atoms with Gasteiger partial charge in [0.05, 0.1) is 0 Å². The number of unbranched alkanes of at least 4 members (excludes halogenated alkanes) is 8. The molecule has 0 bridgehead atoms. The second-order valence-electron chi connectivity index (χ2n) is 5.40. The van der Waals surface area contributed by atoms with Gasteiger partial charge in [-0.1, -0.05) is 76.5 Å². The Morgan fingerprint density at radius 2 is 1.65 bits per heavy atom. The number of para-hydroxylation sites is 1. The van der Waals surface area contributed by atoms with Crippen LogP contribution in [0.5, 0.6) is 0 Å². The first-order chi connectivity index (χ1) is 9.83. The maximum Gasteiger partial charge on any atom is 0.224 e. The smallest absolute Gasteiger partial charge is 0.224 e. The first-order valence-corrected chi connectivity index (χ1v) is 8.09. The van der Waals surface area contributed by atoms with Gasteiger partial charge in [0.15, 0.2) is 0 Å². The Bertz CT molecular complexity index is 348. The molecule has 0 aliphatic carbocycles. The summed E-state index contributed by atoms with van der Waals surface area (Å²) in [5, 5.41) is 2.87. The zero-order chi connectivity index (χ0) is 14.5. The standard InChI is InChI=1S/C18H28NO/c1-2-3-4-5-6-7-8-9-13-16-18(20)19-17-14-11-10-12-15-17/h10-12,14H,2-9,13,16H2,1H3,(H,19,20). The third-order valence-electron chi connectivity index (χ3n) is 3.49. The van der Waals surface area contributed by atoms with E-state index in [0.29, 0.717) is 6.42 Å². The normalized spacial score (nSPS) is 10.4. The van der Waals surface area contributed by atoms with E-state index >= 15 is 0 Å². The fraction of sp³-hybridized carbons (Fsp3) is 0.611. The van der Waals surface area contributed by atoms with Crippen molar-refractivity contribution in [3.05, 3.63) is 30.3 Å². The van der Waals surface area contributed by atoms with Crippen LogP contribution in [-0.4, -0.2) is 5.91 Å². The molecule has 0 heterocycles. The highest BCUT2D eigenvalue weighted by Crippen LogP contribution is 2.11. The summed E-state index contributed by atoms with van der Waals surface area (Å²) >= 11 is 0. The van der Waals surface area contributed by atoms with Crippen LogP contribution in [0.2, 0.25) is 0 Å². The van der Waals surface area contributed by atoms with E-state index in [4.69, 9.17) is 0 Å². The number of hydrogen-bond donors (Lipinski definition) is 1. The summed E-state index contributed by atoms with van der Waals surface area (Å²) in [6, 6.07) is 10.5. The van der Waals surface area contributed by atoms with Crippen molar-refractivity contribution in [1.29, 1.82) is 0 Å². The van der Waals surface area contributed by atoms with E-state index in [9.17, 15) is 4.79 Å². The molecule has 20 heavy (non-hydrogen) atoms. The average molecular weight is 274 g/mol. The Hall–Kier alpha value is -1.31. The Labute approximate surface area is 124 Å². The van der Waals surface area contributed by atoms with Gasteiger partial charge in [0.25, 0.3) is 0 Å². The van der Waals surface area contributed by atoms with Crippen molar-refractivity contribution >= 4 is 11.6 Å². The number of anilines is 1. The van der Waals surface area contributed by atoms with Crippen molar-refractivity contribution < 1.29 is 4.79 Å². The number of nitrogens with one attached hydrogen (secondary N) is 1. The molecule has 0 saturated carbocycles. The van der Waals surface area contributed by atoms with Gasteiger partial charge in [0, 0.05) is 18.2 Å². The molecular formula is C18H28NO. The SMILES string of the molecule is CCCCCCCCCCCC(=O)Nc1[c]cccc1. The van der Waals surface area contributed by atoms with Crippen LogP contribution in [0.1, 0.15) is 71.1 Å². The fourth-order valence-electron chi connectivity index (χ4n) is 2.28. The van der Waals surface area contributed by atoms with Crippen LogP contribution < -0.4 is 5.32 Å². The third-order valence-corrected chi connectivity index (χ3v) is 3.49. The van der Waals surface area contributed by atoms with Gasteiger partial charge in [-0.25, -0.2) is 0 Å². The number of carbonyl (C=O) groups excluding carboxylic acids is 1. The molecule has 0 fully saturated rings. The molecule has 1 aromatic rings. The van der Waals surface area contributed by atoms with Crippen molar-refractivity contribution in [2.45, 2.75) is 71.1 Å². The number of amides is 1. The number of carbonyl (C=O) groups is 1. The molecule has 2 nitrogen and oxygen atoms in total. The topological polar surface area (TPSA) is 29.1 Å². The molecule has 0 atom stereocenters. The van der Waals surface area contributed by atoms with Crippen molar-refractivity contribution in [1.82, 2.24) is 0 Å². The van der Waals surface area contributed by atoms with E-state index in [1.54, 1.807) is 0 Å². The van der Waals surface area contributed by atoms with Gasteiger partial charge in [-0.05, 0) is 12.5 Å². The largest absolute Gasteiger partial charge is 0.326 e. The lowest BCUT2D eigenvalue weighted by Gasteiger charge is -2.04. The van der Waals surface area contributed by atoms with Crippen LogP contribution in [0, 0.1) is 6.07 Å². The number of hydrogen-bond acceptors (Lipinski definition) is 1. The highest BCUT2D eigenvalue weighted by Gasteiger charge is 2.01. The van der Waals surface area contributed by atoms with E-state index in [0.717, 1.165) is 12.1 Å². The molecule has 0 spiro atoms. The van der Waals surface area contributed by atoms with E-state index in [1.807, 2.05) is 24.3 Å². The van der Waals surface area contributed by atoms with E-state index in [2.05, 4.69) is 18.3 Å². The molecule has 1 amide bonds. The number of benzene rings is 1. The van der Waals surface area contributed by atoms with Crippen molar-refractivity contribution in [3.63, 3.8) is 0 Å². The molecule has 0 saturated heterocycles. The average Bonchev–Trinajstić information content (AvgIpc) is 2.46. The minimum atomic E-state index is 0.107. The summed E-state index contributed by atoms with van der Waals surface area (Å²) in [5.41, 5.74) is 0.772. The minimum absolute atomic E-state index is 0.107. The van der Waals surface area contributed by atoms with Crippen LogP contribution in [0.25, 0.3) is 0 Å². The number of rotatable bonds is 11. The summed E-state index contributed by atoms with van der Waals surface area (Å²) in [4.78, 5) is 11.7. The summed E-state index contributed by atoms with van der Waals surface area (Å²) in [7, 11) is 0. The van der Waals surface area contributed by atoms with Gasteiger partial charge in [0.2, 0.25) is 5.91 Å². The Morgan fingerprint density at radius 3 is 2.25 bits per heavy atom. The van der Waals surface area contributed by atoms with Gasteiger partial charge in [-0.2, -0.15) is 0 Å². The highest BCUT2D eigenvalue weighted by molar-refractivity contribution is 5.90. The third kappa shape index (κ3) is 8.73. The van der Waals surface area contributed by atoms with Gasteiger partial charge in [0.1, 0.15) is 0 Å². The molecule has 2 heteroatoms. The lowest BCUT2D eigenvalue weighted by Crippen LogP contribution is -2.10. The van der Waals surface area contributed by atoms with Crippen LogP contribution in [0.3, 0.4) is 0 Å². The van der Waals surface area contributed by atoms with E-state index < -0.39 is 0 Å². The Balaban J connectivity index is 1.92. The van der Waals surface area contributed by atoms with E-state index in [1.165, 1.54) is 51.4 Å². The van der Waals surface area contributed by atoms with Crippen LogP contribution in [0.15, 0.2) is 24.3 Å². The molecule has 0 aromatic heterocycles. The van der Waals surface area contributed by atoms with Gasteiger partial charge >= 0.3 is 0 Å². The predicted octanol–water partition coefficient (Wildman–Crippen LogP) is 5.35. The molecule has 0 unspecified atom stereocenters. The molecule has 1 aromatic carbocycles. The summed E-state index contributed by atoms with van der Waals surface area (Å²) < 4.78 is 0. The van der Waals surface area contributed by atoms with Crippen LogP contribution in [-0.2, 0) is 4.79 Å². The molecule has 0 aliphatic rings. The fourth-order valence-corrected chi connectivity index (χ4v) is 2.28. The summed E-state index contributed by atoms with van der Waals surface area (Å²) in [6.45, 7) is 2.25. The first kappa shape index (κ1) is 16.7. The lowest BCUT2D eigenvalue weighted by atomic mass is 10.1. The maximum absolute atomic E-state index is 11.7. The summed E-state index contributed by atoms with van der Waals surface area (Å²) in [5.74, 6) is 0.107. The second-order valence-corrected chi connectivity index (χ2v) is 5.40. The summed E-state index contributed by atoms with van der Waals surface area (Å²) in [6.07, 6.45) is 12.2. The quantitative estimate of drug-likeness (QED) is 0.542. The second kappa shape index (κ2) is 11.5. The lowest BCUT2D eigenvalue weighted by molar-refractivity contribution is -0.116. The first-order valence-electron chi connectivity index (χ1n) is 8.09. The minimum Gasteiger partial charge on any atom is -0.326 e. The zero-order valence-corrected chi connectivity index (χ0v) is 12.8. The molecule has 111 valence electrons. The molecular weight excluding hydrogens is 246 g/mol. The highest BCUT2D eigenvalue weighted by atomic mass is 16.1.